The van der Waals surface area contributed by atoms with Gasteiger partial charge in [-0.2, -0.15) is 0 Å². The summed E-state index contributed by atoms with van der Waals surface area (Å²) in [7, 11) is 0. The lowest BCUT2D eigenvalue weighted by molar-refractivity contribution is -0.902. The molecule has 1 aliphatic rings. The van der Waals surface area contributed by atoms with Crippen molar-refractivity contribution < 1.29 is 9.69 Å². The number of aromatic nitrogens is 2. The number of hydrogen-bond acceptors (Lipinski definition) is 5. The van der Waals surface area contributed by atoms with Crippen LogP contribution in [0.5, 0.6) is 0 Å². The summed E-state index contributed by atoms with van der Waals surface area (Å²) >= 11 is 8.40. The Morgan fingerprint density at radius 1 is 1.36 bits per heavy atom. The molecule has 1 amide bonds. The number of quaternary nitrogens is 1. The van der Waals surface area contributed by atoms with Crippen LogP contribution in [-0.4, -0.2) is 58.6 Å². The van der Waals surface area contributed by atoms with Crippen LogP contribution in [0.3, 0.4) is 0 Å². The Hall–Kier alpha value is -1.22. The molecule has 2 aromatic rings. The first-order valence-electron chi connectivity index (χ1n) is 8.53. The number of likely N-dealkylation sites (N-methyl/N-ethyl adjacent to an activating group) is 1. The molecule has 5 nitrogen and oxygen atoms in total. The predicted molar refractivity (Wildman–Crippen MR) is 105 cm³/mol. The first kappa shape index (κ1) is 18.6. The Morgan fingerprint density at radius 3 is 2.68 bits per heavy atom. The van der Waals surface area contributed by atoms with Gasteiger partial charge in [0.05, 0.1) is 43.7 Å². The SMILES string of the molecule is CC[NH+]1CCN(C(=O)[C@@H](C)Sc2nn(-c3ccccc3)c(=S)s2)CC1. The average Bonchev–Trinajstić information content (AvgIpc) is 3.02. The maximum Gasteiger partial charge on any atom is 0.236 e. The summed E-state index contributed by atoms with van der Waals surface area (Å²) in [6.07, 6.45) is 0. The summed E-state index contributed by atoms with van der Waals surface area (Å²) in [4.78, 5) is 16.3. The standard InChI is InChI=1S/C17H22N4OS3/c1-3-19-9-11-20(12-10-19)15(22)13(2)24-16-18-21(17(23)25-16)14-7-5-4-6-8-14/h4-8,13H,3,9-12H2,1-2H3/p+1/t13-/m1/s1. The fourth-order valence-corrected chi connectivity index (χ4v) is 5.49. The number of nitrogens with one attached hydrogen (secondary N) is 1. The zero-order valence-corrected chi connectivity index (χ0v) is 16.9. The maximum absolute atomic E-state index is 12.7. The average molecular weight is 396 g/mol. The van der Waals surface area contributed by atoms with Crippen LogP contribution in [0.2, 0.25) is 0 Å². The van der Waals surface area contributed by atoms with Gasteiger partial charge in [-0.05, 0) is 38.2 Å². The van der Waals surface area contributed by atoms with E-state index in [-0.39, 0.29) is 11.2 Å². The molecular formula is C17H23N4OS3+. The second-order valence-corrected chi connectivity index (χ2v) is 9.28. The minimum atomic E-state index is -0.145. The molecular weight excluding hydrogens is 372 g/mol. The molecule has 25 heavy (non-hydrogen) atoms. The quantitative estimate of drug-likeness (QED) is 0.620. The molecule has 0 radical (unpaired) electrons. The van der Waals surface area contributed by atoms with Gasteiger partial charge in [0.2, 0.25) is 5.91 Å². The number of thioether (sulfide) groups is 1. The third kappa shape index (κ3) is 4.49. The molecule has 3 rings (SSSR count). The van der Waals surface area contributed by atoms with Crippen LogP contribution >= 0.6 is 35.3 Å². The number of benzene rings is 1. The number of hydrogen-bond donors (Lipinski definition) is 1. The fourth-order valence-electron chi connectivity index (χ4n) is 2.90. The van der Waals surface area contributed by atoms with Gasteiger partial charge in [0, 0.05) is 0 Å². The highest BCUT2D eigenvalue weighted by Gasteiger charge is 2.27. The summed E-state index contributed by atoms with van der Waals surface area (Å²) in [6.45, 7) is 9.07. The molecule has 134 valence electrons. The van der Waals surface area contributed by atoms with Crippen LogP contribution in [0, 0.1) is 3.95 Å². The second-order valence-electron chi connectivity index (χ2n) is 6.07. The molecule has 1 atom stereocenters. The number of amides is 1. The number of rotatable bonds is 5. The van der Waals surface area contributed by atoms with E-state index in [9.17, 15) is 4.79 Å². The van der Waals surface area contributed by atoms with Crippen molar-refractivity contribution in [3.63, 3.8) is 0 Å². The van der Waals surface area contributed by atoms with E-state index in [1.807, 2.05) is 42.2 Å². The van der Waals surface area contributed by atoms with E-state index in [4.69, 9.17) is 12.2 Å². The van der Waals surface area contributed by atoms with E-state index in [0.717, 1.165) is 42.8 Å². The first-order valence-corrected chi connectivity index (χ1v) is 10.6. The van der Waals surface area contributed by atoms with Crippen LogP contribution in [0.1, 0.15) is 13.8 Å². The van der Waals surface area contributed by atoms with Crippen LogP contribution in [0.25, 0.3) is 5.69 Å². The van der Waals surface area contributed by atoms with Crippen LogP contribution in [0.4, 0.5) is 0 Å². The Morgan fingerprint density at radius 2 is 2.04 bits per heavy atom. The minimum Gasteiger partial charge on any atom is -0.332 e. The highest BCUT2D eigenvalue weighted by molar-refractivity contribution is 8.02. The summed E-state index contributed by atoms with van der Waals surface area (Å²) < 4.78 is 3.31. The summed E-state index contributed by atoms with van der Waals surface area (Å²) in [5.41, 5.74) is 0.952. The van der Waals surface area contributed by atoms with Crippen molar-refractivity contribution in [2.45, 2.75) is 23.4 Å². The molecule has 1 N–H and O–H groups in total. The van der Waals surface area contributed by atoms with Crippen LogP contribution in [0.15, 0.2) is 34.7 Å². The number of nitrogens with zero attached hydrogens (tertiary/aromatic N) is 3. The highest BCUT2D eigenvalue weighted by atomic mass is 32.2. The van der Waals surface area contributed by atoms with Gasteiger partial charge in [0.25, 0.3) is 0 Å². The van der Waals surface area contributed by atoms with Crippen LogP contribution in [-0.2, 0) is 4.79 Å². The molecule has 0 unspecified atom stereocenters. The number of carbonyl (C=O) groups is 1. The minimum absolute atomic E-state index is 0.145. The molecule has 0 saturated carbocycles. The van der Waals surface area contributed by atoms with E-state index in [0.29, 0.717) is 3.95 Å². The summed E-state index contributed by atoms with van der Waals surface area (Å²) in [6, 6.07) is 9.86. The third-order valence-electron chi connectivity index (χ3n) is 4.44. The summed E-state index contributed by atoms with van der Waals surface area (Å²) in [5, 5.41) is 4.45. The van der Waals surface area contributed by atoms with Crippen molar-refractivity contribution in [1.82, 2.24) is 14.7 Å². The van der Waals surface area contributed by atoms with Gasteiger partial charge in [0.1, 0.15) is 0 Å². The Labute approximate surface area is 161 Å². The molecule has 2 heterocycles. The van der Waals surface area contributed by atoms with Crippen molar-refractivity contribution in [3.05, 3.63) is 34.3 Å². The zero-order valence-electron chi connectivity index (χ0n) is 14.5. The van der Waals surface area contributed by atoms with Gasteiger partial charge >= 0.3 is 0 Å². The maximum atomic E-state index is 12.7. The van der Waals surface area contributed by atoms with Gasteiger partial charge < -0.3 is 9.80 Å². The molecule has 0 bridgehead atoms. The predicted octanol–water partition coefficient (Wildman–Crippen LogP) is 1.89. The van der Waals surface area contributed by atoms with E-state index in [1.54, 1.807) is 9.58 Å². The molecule has 1 aliphatic heterocycles. The Kier molecular flexibility index (Phi) is 6.27. The lowest BCUT2D eigenvalue weighted by Crippen LogP contribution is -3.14. The molecule has 1 aromatic heterocycles. The van der Waals surface area contributed by atoms with Gasteiger partial charge in [-0.25, -0.2) is 4.68 Å². The summed E-state index contributed by atoms with van der Waals surface area (Å²) in [5.74, 6) is 0.201. The number of para-hydroxylation sites is 1. The van der Waals surface area contributed by atoms with E-state index in [1.165, 1.54) is 23.1 Å². The van der Waals surface area contributed by atoms with Crippen molar-refractivity contribution in [1.29, 1.82) is 0 Å². The van der Waals surface area contributed by atoms with Crippen molar-refractivity contribution in [2.75, 3.05) is 32.7 Å². The monoisotopic (exact) mass is 395 g/mol. The van der Waals surface area contributed by atoms with Crippen LogP contribution < -0.4 is 4.90 Å². The number of piperazine rings is 1. The van der Waals surface area contributed by atoms with Gasteiger partial charge in [0.15, 0.2) is 8.29 Å². The van der Waals surface area contributed by atoms with Crippen molar-refractivity contribution in [3.8, 4) is 5.69 Å². The van der Waals surface area contributed by atoms with E-state index in [2.05, 4.69) is 12.0 Å². The van der Waals surface area contributed by atoms with Gasteiger partial charge in [-0.15, -0.1) is 5.10 Å². The Bertz CT molecular complexity index is 766. The van der Waals surface area contributed by atoms with Gasteiger partial charge in [-0.1, -0.05) is 41.3 Å². The highest BCUT2D eigenvalue weighted by Crippen LogP contribution is 2.28. The number of carbonyl (C=O) groups excluding carboxylic acids is 1. The van der Waals surface area contributed by atoms with E-state index < -0.39 is 0 Å². The molecule has 8 heteroatoms. The Balaban J connectivity index is 1.64. The lowest BCUT2D eigenvalue weighted by atomic mass is 10.3. The molecule has 1 fully saturated rings. The smallest absolute Gasteiger partial charge is 0.236 e. The zero-order chi connectivity index (χ0) is 17.8. The molecule has 0 aliphatic carbocycles. The van der Waals surface area contributed by atoms with Crippen molar-refractivity contribution >= 4 is 41.2 Å². The lowest BCUT2D eigenvalue weighted by Gasteiger charge is -2.32. The second kappa shape index (κ2) is 8.44. The third-order valence-corrected chi connectivity index (χ3v) is 6.84. The molecule has 1 saturated heterocycles. The van der Waals surface area contributed by atoms with Gasteiger partial charge in [-0.3, -0.25) is 4.79 Å². The van der Waals surface area contributed by atoms with Crippen molar-refractivity contribution in [2.24, 2.45) is 0 Å². The fraction of sp³-hybridized carbons (Fsp3) is 0.471. The van der Waals surface area contributed by atoms with E-state index >= 15 is 0 Å². The first-order chi connectivity index (χ1) is 12.1. The largest absolute Gasteiger partial charge is 0.332 e. The molecule has 1 aromatic carbocycles. The normalized spacial score (nSPS) is 16.8. The topological polar surface area (TPSA) is 42.6 Å². The molecule has 0 spiro atoms.